The molecule has 1 saturated heterocycles. The van der Waals surface area contributed by atoms with Crippen molar-refractivity contribution in [3.05, 3.63) is 59.2 Å². The summed E-state index contributed by atoms with van der Waals surface area (Å²) in [6.07, 6.45) is 3.69. The van der Waals surface area contributed by atoms with E-state index in [0.717, 1.165) is 35.7 Å². The molecule has 1 N–H and O–H groups in total. The first kappa shape index (κ1) is 24.0. The normalized spacial score (nSPS) is 15.0. The van der Waals surface area contributed by atoms with E-state index in [1.165, 1.54) is 24.8 Å². The average Bonchev–Trinajstić information content (AvgIpc) is 2.73. The van der Waals surface area contributed by atoms with Crippen molar-refractivity contribution in [2.75, 3.05) is 33.4 Å². The fraction of sp³-hybridized carbons (Fsp3) is 0.458. The molecule has 0 aliphatic carbocycles. The minimum atomic E-state index is -0.0975. The summed E-state index contributed by atoms with van der Waals surface area (Å²) in [6, 6.07) is 14.3. The van der Waals surface area contributed by atoms with Gasteiger partial charge in [-0.1, -0.05) is 24.6 Å². The van der Waals surface area contributed by atoms with E-state index in [1.807, 2.05) is 38.1 Å². The van der Waals surface area contributed by atoms with Gasteiger partial charge in [-0.3, -0.25) is 9.69 Å². The van der Waals surface area contributed by atoms with Gasteiger partial charge in [0.25, 0.3) is 5.91 Å². The third-order valence-electron chi connectivity index (χ3n) is 5.39. The lowest BCUT2D eigenvalue weighted by Gasteiger charge is -2.35. The van der Waals surface area contributed by atoms with Gasteiger partial charge in [-0.15, -0.1) is 12.4 Å². The van der Waals surface area contributed by atoms with E-state index in [-0.39, 0.29) is 31.0 Å². The Morgan fingerprint density at radius 1 is 1.00 bits per heavy atom. The van der Waals surface area contributed by atoms with Crippen LogP contribution in [0.25, 0.3) is 0 Å². The predicted octanol–water partition coefficient (Wildman–Crippen LogP) is 4.46. The highest BCUT2D eigenvalue weighted by molar-refractivity contribution is 5.85. The Balaban J connectivity index is 0.00000320. The Kier molecular flexibility index (Phi) is 9.47. The largest absolute Gasteiger partial charge is 0.497 e. The summed E-state index contributed by atoms with van der Waals surface area (Å²) in [5, 5.41) is 3.07. The third kappa shape index (κ3) is 6.92. The molecule has 1 amide bonds. The smallest absolute Gasteiger partial charge is 0.258 e. The summed E-state index contributed by atoms with van der Waals surface area (Å²) in [7, 11) is 1.67. The number of piperidine rings is 1. The molecule has 1 aliphatic rings. The molecule has 1 fully saturated rings. The molecular formula is C24H33ClN2O3. The van der Waals surface area contributed by atoms with Gasteiger partial charge in [0.2, 0.25) is 0 Å². The molecule has 1 unspecified atom stereocenters. The topological polar surface area (TPSA) is 50.8 Å². The molecule has 30 heavy (non-hydrogen) atoms. The minimum absolute atomic E-state index is 0. The highest BCUT2D eigenvalue weighted by Crippen LogP contribution is 2.26. The van der Waals surface area contributed by atoms with Crippen molar-refractivity contribution in [1.82, 2.24) is 10.2 Å². The number of benzene rings is 2. The lowest BCUT2D eigenvalue weighted by atomic mass is 10.0. The van der Waals surface area contributed by atoms with Crippen molar-refractivity contribution < 1.29 is 14.3 Å². The predicted molar refractivity (Wildman–Crippen MR) is 123 cm³/mol. The number of ether oxygens (including phenoxy) is 2. The van der Waals surface area contributed by atoms with Crippen LogP contribution in [-0.4, -0.2) is 44.2 Å². The lowest BCUT2D eigenvalue weighted by Crippen LogP contribution is -2.41. The van der Waals surface area contributed by atoms with Crippen LogP contribution in [0.3, 0.4) is 0 Å². The van der Waals surface area contributed by atoms with Crippen LogP contribution in [0.1, 0.15) is 42.0 Å². The van der Waals surface area contributed by atoms with Gasteiger partial charge < -0.3 is 14.8 Å². The highest BCUT2D eigenvalue weighted by atomic mass is 35.5. The maximum Gasteiger partial charge on any atom is 0.258 e. The van der Waals surface area contributed by atoms with Crippen molar-refractivity contribution in [3.63, 3.8) is 0 Å². The standard InChI is InChI=1S/C24H32N2O3.ClH/c1-18-13-19(2)15-22(14-18)29-17-24(27)25-16-23(26-11-5-4-6-12-26)20-7-9-21(28-3)10-8-20;/h7-10,13-15,23H,4-6,11-12,16-17H2,1-3H3,(H,25,27);1H. The zero-order valence-electron chi connectivity index (χ0n) is 18.1. The van der Waals surface area contributed by atoms with E-state index in [9.17, 15) is 4.79 Å². The minimum Gasteiger partial charge on any atom is -0.497 e. The van der Waals surface area contributed by atoms with E-state index >= 15 is 0 Å². The van der Waals surface area contributed by atoms with Crippen LogP contribution in [-0.2, 0) is 4.79 Å². The number of carbonyl (C=O) groups excluding carboxylic acids is 1. The molecule has 0 spiro atoms. The van der Waals surface area contributed by atoms with Crippen LogP contribution in [0.2, 0.25) is 0 Å². The van der Waals surface area contributed by atoms with Crippen LogP contribution >= 0.6 is 12.4 Å². The number of rotatable bonds is 8. The van der Waals surface area contributed by atoms with Gasteiger partial charge in [0.15, 0.2) is 6.61 Å². The molecule has 5 nitrogen and oxygen atoms in total. The van der Waals surface area contributed by atoms with Gasteiger partial charge in [-0.05, 0) is 80.7 Å². The zero-order valence-corrected chi connectivity index (χ0v) is 19.0. The summed E-state index contributed by atoms with van der Waals surface area (Å²) >= 11 is 0. The number of nitrogens with zero attached hydrogens (tertiary/aromatic N) is 1. The molecule has 0 radical (unpaired) electrons. The molecule has 2 aromatic carbocycles. The SMILES string of the molecule is COc1ccc(C(CNC(=O)COc2cc(C)cc(C)c2)N2CCCCC2)cc1.Cl. The van der Waals surface area contributed by atoms with E-state index < -0.39 is 0 Å². The molecular weight excluding hydrogens is 400 g/mol. The molecule has 2 aromatic rings. The van der Waals surface area contributed by atoms with Gasteiger partial charge in [0, 0.05) is 6.54 Å². The third-order valence-corrected chi connectivity index (χ3v) is 5.39. The van der Waals surface area contributed by atoms with Crippen LogP contribution in [0, 0.1) is 13.8 Å². The molecule has 3 rings (SSSR count). The monoisotopic (exact) mass is 432 g/mol. The summed E-state index contributed by atoms with van der Waals surface area (Å²) < 4.78 is 11.0. The van der Waals surface area contributed by atoms with Crippen molar-refractivity contribution in [1.29, 1.82) is 0 Å². The Hall–Kier alpha value is -2.24. The number of hydrogen-bond acceptors (Lipinski definition) is 4. The number of halogens is 1. The van der Waals surface area contributed by atoms with Crippen LogP contribution < -0.4 is 14.8 Å². The first-order chi connectivity index (χ1) is 14.0. The number of likely N-dealkylation sites (tertiary alicyclic amines) is 1. The first-order valence-electron chi connectivity index (χ1n) is 10.4. The summed E-state index contributed by atoms with van der Waals surface area (Å²) in [5.74, 6) is 1.48. The summed E-state index contributed by atoms with van der Waals surface area (Å²) in [4.78, 5) is 14.9. The second-order valence-electron chi connectivity index (χ2n) is 7.80. The number of aryl methyl sites for hydroxylation is 2. The van der Waals surface area contributed by atoms with Crippen molar-refractivity contribution >= 4 is 18.3 Å². The number of hydrogen-bond donors (Lipinski definition) is 1. The summed E-state index contributed by atoms with van der Waals surface area (Å²) in [6.45, 7) is 6.77. The van der Waals surface area contributed by atoms with Gasteiger partial charge in [0.1, 0.15) is 11.5 Å². The zero-order chi connectivity index (χ0) is 20.6. The molecule has 1 heterocycles. The molecule has 1 aliphatic heterocycles. The fourth-order valence-electron chi connectivity index (χ4n) is 3.94. The van der Waals surface area contributed by atoms with Crippen molar-refractivity contribution in [2.24, 2.45) is 0 Å². The summed E-state index contributed by atoms with van der Waals surface area (Å²) in [5.41, 5.74) is 3.46. The quantitative estimate of drug-likeness (QED) is 0.669. The van der Waals surface area contributed by atoms with Gasteiger partial charge in [0.05, 0.1) is 13.2 Å². The van der Waals surface area contributed by atoms with Gasteiger partial charge >= 0.3 is 0 Å². The number of carbonyl (C=O) groups is 1. The second-order valence-corrected chi connectivity index (χ2v) is 7.80. The molecule has 0 saturated carbocycles. The van der Waals surface area contributed by atoms with Gasteiger partial charge in [-0.2, -0.15) is 0 Å². The van der Waals surface area contributed by atoms with Gasteiger partial charge in [-0.25, -0.2) is 0 Å². The Morgan fingerprint density at radius 2 is 1.63 bits per heavy atom. The maximum absolute atomic E-state index is 12.4. The number of nitrogens with one attached hydrogen (secondary N) is 1. The van der Waals surface area contributed by atoms with E-state index in [4.69, 9.17) is 9.47 Å². The van der Waals surface area contributed by atoms with E-state index in [0.29, 0.717) is 6.54 Å². The lowest BCUT2D eigenvalue weighted by molar-refractivity contribution is -0.123. The van der Waals surface area contributed by atoms with Crippen LogP contribution in [0.5, 0.6) is 11.5 Å². The molecule has 164 valence electrons. The van der Waals surface area contributed by atoms with Crippen LogP contribution in [0.4, 0.5) is 0 Å². The highest BCUT2D eigenvalue weighted by Gasteiger charge is 2.23. The molecule has 0 aromatic heterocycles. The van der Waals surface area contributed by atoms with Crippen molar-refractivity contribution in [2.45, 2.75) is 39.2 Å². The molecule has 1 atom stereocenters. The Morgan fingerprint density at radius 3 is 2.23 bits per heavy atom. The van der Waals surface area contributed by atoms with E-state index in [2.05, 4.69) is 28.4 Å². The number of methoxy groups -OCH3 is 1. The fourth-order valence-corrected chi connectivity index (χ4v) is 3.94. The Bertz CT molecular complexity index is 784. The molecule has 6 heteroatoms. The van der Waals surface area contributed by atoms with Crippen molar-refractivity contribution in [3.8, 4) is 11.5 Å². The molecule has 0 bridgehead atoms. The number of amides is 1. The second kappa shape index (κ2) is 11.8. The first-order valence-corrected chi connectivity index (χ1v) is 10.4. The average molecular weight is 433 g/mol. The maximum atomic E-state index is 12.4. The Labute approximate surface area is 186 Å². The van der Waals surface area contributed by atoms with Crippen LogP contribution in [0.15, 0.2) is 42.5 Å². The van der Waals surface area contributed by atoms with E-state index in [1.54, 1.807) is 7.11 Å².